The lowest BCUT2D eigenvalue weighted by Gasteiger charge is -2.15. The van der Waals surface area contributed by atoms with Crippen LogP contribution in [0.2, 0.25) is 10.0 Å². The largest absolute Gasteiger partial charge is 0.398 e. The van der Waals surface area contributed by atoms with Crippen LogP contribution in [-0.4, -0.2) is 38.9 Å². The number of nitrogen functional groups attached to an aromatic ring is 1. The first kappa shape index (κ1) is 15.4. The Morgan fingerprint density at radius 3 is 2.55 bits per heavy atom. The number of benzene rings is 1. The van der Waals surface area contributed by atoms with Gasteiger partial charge in [-0.1, -0.05) is 23.2 Å². The number of rotatable bonds is 3. The van der Waals surface area contributed by atoms with Crippen molar-refractivity contribution in [3.05, 3.63) is 22.2 Å². The molecule has 0 aromatic heterocycles. The first-order chi connectivity index (χ1) is 9.22. The molecule has 1 heterocycles. The normalized spacial score (nSPS) is 19.6. The molecule has 0 radical (unpaired) electrons. The van der Waals surface area contributed by atoms with E-state index in [1.807, 2.05) is 0 Å². The molecule has 1 amide bonds. The van der Waals surface area contributed by atoms with Gasteiger partial charge < -0.3 is 10.6 Å². The molecular weight excluding hydrogens is 325 g/mol. The van der Waals surface area contributed by atoms with Gasteiger partial charge in [0.25, 0.3) is 0 Å². The molecule has 20 heavy (non-hydrogen) atoms. The maximum atomic E-state index is 12.3. The van der Waals surface area contributed by atoms with Crippen LogP contribution < -0.4 is 10.5 Å². The zero-order valence-corrected chi connectivity index (χ0v) is 12.9. The monoisotopic (exact) mass is 337 g/mol. The maximum absolute atomic E-state index is 12.3. The van der Waals surface area contributed by atoms with Crippen LogP contribution in [0, 0.1) is 0 Å². The van der Waals surface area contributed by atoms with E-state index in [4.69, 9.17) is 28.9 Å². The number of halogens is 2. The molecule has 9 heteroatoms. The topological polar surface area (TPSA) is 92.5 Å². The summed E-state index contributed by atoms with van der Waals surface area (Å²) in [4.78, 5) is 13.0. The third-order valence-electron chi connectivity index (χ3n) is 3.03. The molecule has 6 nitrogen and oxygen atoms in total. The maximum Gasteiger partial charge on any atom is 0.244 e. The van der Waals surface area contributed by atoms with Gasteiger partial charge in [-0.2, -0.15) is 4.72 Å². The molecule has 1 aliphatic rings. The molecule has 3 N–H and O–H groups in total. The Morgan fingerprint density at radius 2 is 2.05 bits per heavy atom. The zero-order chi connectivity index (χ0) is 15.1. The number of hydrogen-bond acceptors (Lipinski definition) is 4. The summed E-state index contributed by atoms with van der Waals surface area (Å²) < 4.78 is 26.9. The summed E-state index contributed by atoms with van der Waals surface area (Å²) in [6.45, 7) is 0.496. The van der Waals surface area contributed by atoms with Gasteiger partial charge in [0.2, 0.25) is 15.9 Å². The minimum absolute atomic E-state index is 0.0613. The second-order valence-electron chi connectivity index (χ2n) is 4.53. The van der Waals surface area contributed by atoms with E-state index in [1.54, 1.807) is 7.05 Å². The molecule has 1 aliphatic heterocycles. The Kier molecular flexibility index (Phi) is 4.15. The van der Waals surface area contributed by atoms with Crippen LogP contribution in [0.5, 0.6) is 0 Å². The number of carbonyl (C=O) groups excluding carboxylic acids is 1. The van der Waals surface area contributed by atoms with E-state index in [2.05, 4.69) is 4.72 Å². The fourth-order valence-corrected chi connectivity index (χ4v) is 4.25. The number of sulfonamides is 1. The minimum atomic E-state index is -3.99. The lowest BCUT2D eigenvalue weighted by atomic mass is 10.3. The number of likely N-dealkylation sites (tertiary alicyclic amines) is 1. The molecule has 0 saturated carbocycles. The van der Waals surface area contributed by atoms with Crippen LogP contribution in [0.4, 0.5) is 5.69 Å². The van der Waals surface area contributed by atoms with Crippen LogP contribution in [0.1, 0.15) is 6.42 Å². The zero-order valence-electron chi connectivity index (χ0n) is 10.6. The van der Waals surface area contributed by atoms with E-state index in [9.17, 15) is 13.2 Å². The molecule has 1 unspecified atom stereocenters. The first-order valence-corrected chi connectivity index (χ1v) is 7.98. The van der Waals surface area contributed by atoms with Gasteiger partial charge in [-0.3, -0.25) is 4.79 Å². The lowest BCUT2D eigenvalue weighted by Crippen LogP contribution is -2.40. The van der Waals surface area contributed by atoms with Crippen LogP contribution in [-0.2, 0) is 14.8 Å². The molecule has 1 aromatic carbocycles. The molecular formula is C11H13Cl2N3O3S. The van der Waals surface area contributed by atoms with Crippen LogP contribution in [0.15, 0.2) is 17.0 Å². The van der Waals surface area contributed by atoms with Crippen molar-refractivity contribution in [2.24, 2.45) is 0 Å². The highest BCUT2D eigenvalue weighted by Gasteiger charge is 2.34. The third kappa shape index (κ3) is 2.85. The lowest BCUT2D eigenvalue weighted by molar-refractivity contribution is -0.127. The van der Waals surface area contributed by atoms with Crippen molar-refractivity contribution in [1.29, 1.82) is 0 Å². The van der Waals surface area contributed by atoms with Crippen molar-refractivity contribution in [1.82, 2.24) is 9.62 Å². The van der Waals surface area contributed by atoms with E-state index in [0.29, 0.717) is 13.0 Å². The highest BCUT2D eigenvalue weighted by molar-refractivity contribution is 7.89. The number of anilines is 1. The van der Waals surface area contributed by atoms with Gasteiger partial charge in [0, 0.05) is 18.6 Å². The quantitative estimate of drug-likeness (QED) is 0.807. The van der Waals surface area contributed by atoms with Gasteiger partial charge in [0.15, 0.2) is 0 Å². The van der Waals surface area contributed by atoms with E-state index < -0.39 is 16.1 Å². The number of nitrogens with one attached hydrogen (secondary N) is 1. The number of carbonyl (C=O) groups is 1. The van der Waals surface area contributed by atoms with E-state index >= 15 is 0 Å². The summed E-state index contributed by atoms with van der Waals surface area (Å²) >= 11 is 11.6. The fourth-order valence-electron chi connectivity index (χ4n) is 2.04. The summed E-state index contributed by atoms with van der Waals surface area (Å²) in [6, 6.07) is 1.79. The number of likely N-dealkylation sites (N-methyl/N-ethyl adjacent to an activating group) is 1. The van der Waals surface area contributed by atoms with Gasteiger partial charge in [-0.15, -0.1) is 0 Å². The van der Waals surface area contributed by atoms with Crippen LogP contribution >= 0.6 is 23.2 Å². The van der Waals surface area contributed by atoms with Crippen molar-refractivity contribution >= 4 is 44.8 Å². The second-order valence-corrected chi connectivity index (χ2v) is 7.02. The Hall–Kier alpha value is -1.02. The predicted molar refractivity (Wildman–Crippen MR) is 77.2 cm³/mol. The van der Waals surface area contributed by atoms with Gasteiger partial charge in [0.05, 0.1) is 10.7 Å². The molecule has 1 saturated heterocycles. The highest BCUT2D eigenvalue weighted by atomic mass is 35.5. The predicted octanol–water partition coefficient (Wildman–Crippen LogP) is 1.08. The van der Waals surface area contributed by atoms with Crippen molar-refractivity contribution in [3.63, 3.8) is 0 Å². The average molecular weight is 338 g/mol. The van der Waals surface area contributed by atoms with Crippen LogP contribution in [0.3, 0.4) is 0 Å². The van der Waals surface area contributed by atoms with Crippen LogP contribution in [0.25, 0.3) is 0 Å². The van der Waals surface area contributed by atoms with Gasteiger partial charge in [-0.05, 0) is 18.6 Å². The number of nitrogens with zero attached hydrogens (tertiary/aromatic N) is 1. The molecule has 0 spiro atoms. The molecule has 1 fully saturated rings. The van der Waals surface area contributed by atoms with Gasteiger partial charge >= 0.3 is 0 Å². The minimum Gasteiger partial charge on any atom is -0.398 e. The van der Waals surface area contributed by atoms with E-state index in [1.165, 1.54) is 17.0 Å². The Morgan fingerprint density at radius 1 is 1.40 bits per heavy atom. The molecule has 1 atom stereocenters. The van der Waals surface area contributed by atoms with Gasteiger partial charge in [0.1, 0.15) is 10.9 Å². The van der Waals surface area contributed by atoms with Crippen molar-refractivity contribution < 1.29 is 13.2 Å². The first-order valence-electron chi connectivity index (χ1n) is 5.74. The Bertz CT molecular complexity index is 640. The van der Waals surface area contributed by atoms with Crippen molar-refractivity contribution in [2.75, 3.05) is 19.3 Å². The molecule has 1 aromatic rings. The average Bonchev–Trinajstić information content (AvgIpc) is 2.58. The van der Waals surface area contributed by atoms with Crippen molar-refractivity contribution in [2.45, 2.75) is 17.4 Å². The van der Waals surface area contributed by atoms with E-state index in [0.717, 1.165) is 0 Å². The van der Waals surface area contributed by atoms with Gasteiger partial charge in [-0.25, -0.2) is 8.42 Å². The molecule has 110 valence electrons. The summed E-state index contributed by atoms with van der Waals surface area (Å²) in [5.41, 5.74) is 5.60. The Labute approximate surface area is 126 Å². The Balaban J connectivity index is 2.35. The standard InChI is InChI=1S/C11H13Cl2N3O3S/c1-16-3-2-9(11(16)17)15-20(18,19)10-7(13)4-6(12)5-8(10)14/h4-5,9,15H,2-3,14H2,1H3. The number of amides is 1. The summed E-state index contributed by atoms with van der Waals surface area (Å²) in [6.07, 6.45) is 0.402. The second kappa shape index (κ2) is 5.40. The van der Waals surface area contributed by atoms with Crippen molar-refractivity contribution in [3.8, 4) is 0 Å². The number of nitrogens with two attached hydrogens (primary N) is 1. The summed E-state index contributed by atoms with van der Waals surface area (Å²) in [5, 5.41) is 0.157. The summed E-state index contributed by atoms with van der Waals surface area (Å²) in [7, 11) is -2.38. The molecule has 0 aliphatic carbocycles. The highest BCUT2D eigenvalue weighted by Crippen LogP contribution is 2.31. The third-order valence-corrected chi connectivity index (χ3v) is 5.25. The fraction of sp³-hybridized carbons (Fsp3) is 0.364. The summed E-state index contributed by atoms with van der Waals surface area (Å²) in [5.74, 6) is -0.280. The molecule has 2 rings (SSSR count). The molecule has 0 bridgehead atoms. The number of hydrogen-bond donors (Lipinski definition) is 2. The smallest absolute Gasteiger partial charge is 0.244 e. The SMILES string of the molecule is CN1CCC(NS(=O)(=O)c2c(N)cc(Cl)cc2Cl)C1=O. The van der Waals surface area contributed by atoms with E-state index in [-0.39, 0.29) is 26.5 Å².